The molecular weight excluding hydrogens is 180 g/mol. The summed E-state index contributed by atoms with van der Waals surface area (Å²) in [6.45, 7) is 4.20. The number of hydrogen-bond donors (Lipinski definition) is 2. The van der Waals surface area contributed by atoms with Crippen LogP contribution in [0.4, 0.5) is 0 Å². The summed E-state index contributed by atoms with van der Waals surface area (Å²) in [7, 11) is 0. The van der Waals surface area contributed by atoms with Crippen molar-refractivity contribution in [1.29, 1.82) is 0 Å². The zero-order chi connectivity index (χ0) is 9.68. The Morgan fingerprint density at radius 3 is 2.77 bits per heavy atom. The number of rotatable bonds is 4. The highest BCUT2D eigenvalue weighted by Crippen LogP contribution is 2.21. The molecule has 0 amide bonds. The van der Waals surface area contributed by atoms with Gasteiger partial charge in [-0.2, -0.15) is 0 Å². The quantitative estimate of drug-likeness (QED) is 0.439. The number of nitrogens with two attached hydrogens (primary N) is 1. The van der Waals surface area contributed by atoms with E-state index in [-0.39, 0.29) is 0 Å². The van der Waals surface area contributed by atoms with Crippen molar-refractivity contribution in [2.75, 3.05) is 5.75 Å². The summed E-state index contributed by atoms with van der Waals surface area (Å²) in [5, 5.41) is 0. The maximum absolute atomic E-state index is 5.31. The van der Waals surface area contributed by atoms with Crippen LogP contribution in [-0.2, 0) is 0 Å². The van der Waals surface area contributed by atoms with Crippen molar-refractivity contribution < 1.29 is 0 Å². The monoisotopic (exact) mass is 196 g/mol. The van der Waals surface area contributed by atoms with Crippen LogP contribution in [0, 0.1) is 6.92 Å². The minimum absolute atomic E-state index is 0.351. The van der Waals surface area contributed by atoms with E-state index < -0.39 is 0 Å². The molecule has 72 valence electrons. The van der Waals surface area contributed by atoms with Crippen molar-refractivity contribution >= 4 is 11.8 Å². The van der Waals surface area contributed by atoms with Crippen LogP contribution < -0.4 is 11.3 Å². The van der Waals surface area contributed by atoms with Crippen molar-refractivity contribution in [3.63, 3.8) is 0 Å². The van der Waals surface area contributed by atoms with Gasteiger partial charge < -0.3 is 0 Å². The van der Waals surface area contributed by atoms with Crippen molar-refractivity contribution in [2.45, 2.75) is 24.8 Å². The fourth-order valence-electron chi connectivity index (χ4n) is 0.981. The van der Waals surface area contributed by atoms with Crippen LogP contribution in [0.25, 0.3) is 0 Å². The smallest absolute Gasteiger partial charge is 0.0276 e. The molecule has 2 nitrogen and oxygen atoms in total. The second-order valence-corrected chi connectivity index (χ2v) is 4.21. The van der Waals surface area contributed by atoms with E-state index in [1.165, 1.54) is 10.5 Å². The molecule has 13 heavy (non-hydrogen) atoms. The highest BCUT2D eigenvalue weighted by molar-refractivity contribution is 7.99. The number of hydrogen-bond acceptors (Lipinski definition) is 3. The third-order valence-corrected chi connectivity index (χ3v) is 3.30. The van der Waals surface area contributed by atoms with Gasteiger partial charge in [-0.3, -0.25) is 11.3 Å². The van der Waals surface area contributed by atoms with Gasteiger partial charge in [0.15, 0.2) is 0 Å². The van der Waals surface area contributed by atoms with Crippen LogP contribution in [0.5, 0.6) is 0 Å². The average molecular weight is 196 g/mol. The number of hydrazine groups is 1. The highest BCUT2D eigenvalue weighted by atomic mass is 32.2. The maximum atomic E-state index is 5.31. The van der Waals surface area contributed by atoms with E-state index in [9.17, 15) is 0 Å². The van der Waals surface area contributed by atoms with E-state index in [4.69, 9.17) is 5.84 Å². The minimum Gasteiger partial charge on any atom is -0.271 e. The molecular formula is C10H16N2S. The van der Waals surface area contributed by atoms with Gasteiger partial charge in [-0.1, -0.05) is 18.2 Å². The van der Waals surface area contributed by atoms with Crippen LogP contribution in [-0.4, -0.2) is 11.8 Å². The lowest BCUT2D eigenvalue weighted by atomic mass is 10.2. The summed E-state index contributed by atoms with van der Waals surface area (Å²) in [6.07, 6.45) is 0. The minimum atomic E-state index is 0.351. The Morgan fingerprint density at radius 2 is 2.15 bits per heavy atom. The average Bonchev–Trinajstić information content (AvgIpc) is 2.16. The van der Waals surface area contributed by atoms with Crippen molar-refractivity contribution in [2.24, 2.45) is 5.84 Å². The van der Waals surface area contributed by atoms with Gasteiger partial charge in [0, 0.05) is 16.7 Å². The van der Waals surface area contributed by atoms with Gasteiger partial charge in [0.2, 0.25) is 0 Å². The normalized spacial score (nSPS) is 12.8. The van der Waals surface area contributed by atoms with Gasteiger partial charge in [-0.05, 0) is 25.5 Å². The molecule has 3 heteroatoms. The second-order valence-electron chi connectivity index (χ2n) is 3.14. The predicted octanol–water partition coefficient (Wildman–Crippen LogP) is 1.94. The highest BCUT2D eigenvalue weighted by Gasteiger charge is 2.01. The first kappa shape index (κ1) is 10.6. The van der Waals surface area contributed by atoms with Gasteiger partial charge in [0.25, 0.3) is 0 Å². The fraction of sp³-hybridized carbons (Fsp3) is 0.400. The van der Waals surface area contributed by atoms with Crippen molar-refractivity contribution in [3.05, 3.63) is 29.8 Å². The maximum Gasteiger partial charge on any atom is 0.0276 e. The van der Waals surface area contributed by atoms with E-state index in [0.717, 1.165) is 5.75 Å². The van der Waals surface area contributed by atoms with Gasteiger partial charge in [-0.15, -0.1) is 11.8 Å². The number of aryl methyl sites for hydroxylation is 1. The van der Waals surface area contributed by atoms with E-state index in [2.05, 4.69) is 43.5 Å². The van der Waals surface area contributed by atoms with Crippen LogP contribution in [0.2, 0.25) is 0 Å². The molecule has 0 radical (unpaired) electrons. The van der Waals surface area contributed by atoms with E-state index in [1.807, 2.05) is 11.8 Å². The van der Waals surface area contributed by atoms with Crippen LogP contribution in [0.1, 0.15) is 12.5 Å². The van der Waals surface area contributed by atoms with Gasteiger partial charge >= 0.3 is 0 Å². The Kier molecular flexibility index (Phi) is 4.28. The molecule has 0 aliphatic heterocycles. The first-order chi connectivity index (χ1) is 6.24. The summed E-state index contributed by atoms with van der Waals surface area (Å²) in [6, 6.07) is 8.75. The lowest BCUT2D eigenvalue weighted by Crippen LogP contribution is -2.34. The molecule has 0 saturated heterocycles. The Hall–Kier alpha value is -0.510. The summed E-state index contributed by atoms with van der Waals surface area (Å²) < 4.78 is 0. The molecule has 0 bridgehead atoms. The Morgan fingerprint density at radius 1 is 1.46 bits per heavy atom. The van der Waals surface area contributed by atoms with Crippen molar-refractivity contribution in [3.8, 4) is 0 Å². The Labute approximate surface area is 83.9 Å². The first-order valence-corrected chi connectivity index (χ1v) is 5.37. The van der Waals surface area contributed by atoms with Gasteiger partial charge in [0.05, 0.1) is 0 Å². The predicted molar refractivity (Wildman–Crippen MR) is 58.7 cm³/mol. The SMILES string of the molecule is Cc1ccccc1SCC(C)NN. The third kappa shape index (κ3) is 3.38. The number of benzene rings is 1. The van der Waals surface area contributed by atoms with E-state index >= 15 is 0 Å². The molecule has 0 heterocycles. The lowest BCUT2D eigenvalue weighted by molar-refractivity contribution is 0.625. The largest absolute Gasteiger partial charge is 0.271 e. The van der Waals surface area contributed by atoms with Crippen molar-refractivity contribution in [1.82, 2.24) is 5.43 Å². The summed E-state index contributed by atoms with van der Waals surface area (Å²) in [5.41, 5.74) is 4.06. The van der Waals surface area contributed by atoms with Gasteiger partial charge in [-0.25, -0.2) is 0 Å². The Bertz CT molecular complexity index is 263. The third-order valence-electron chi connectivity index (χ3n) is 1.87. The molecule has 0 aliphatic rings. The number of thioether (sulfide) groups is 1. The summed E-state index contributed by atoms with van der Waals surface area (Å²) >= 11 is 1.84. The van der Waals surface area contributed by atoms with Crippen LogP contribution >= 0.6 is 11.8 Å². The molecule has 0 aliphatic carbocycles. The van der Waals surface area contributed by atoms with Crippen LogP contribution in [0.3, 0.4) is 0 Å². The molecule has 1 unspecified atom stereocenters. The molecule has 0 spiro atoms. The lowest BCUT2D eigenvalue weighted by Gasteiger charge is -2.10. The molecule has 1 aromatic rings. The molecule has 0 fully saturated rings. The standard InChI is InChI=1S/C10H16N2S/c1-8-5-3-4-6-10(8)13-7-9(2)12-11/h3-6,9,12H,7,11H2,1-2H3. The molecule has 1 rings (SSSR count). The topological polar surface area (TPSA) is 38.0 Å². The Balaban J connectivity index is 2.50. The molecule has 3 N–H and O–H groups in total. The first-order valence-electron chi connectivity index (χ1n) is 4.38. The van der Waals surface area contributed by atoms with E-state index in [0.29, 0.717) is 6.04 Å². The molecule has 1 aromatic carbocycles. The second kappa shape index (κ2) is 5.27. The zero-order valence-corrected chi connectivity index (χ0v) is 8.90. The number of nitrogens with one attached hydrogen (secondary N) is 1. The molecule has 0 aromatic heterocycles. The van der Waals surface area contributed by atoms with E-state index in [1.54, 1.807) is 0 Å². The summed E-state index contributed by atoms with van der Waals surface area (Å²) in [5.74, 6) is 6.31. The molecule has 1 atom stereocenters. The van der Waals surface area contributed by atoms with Gasteiger partial charge in [0.1, 0.15) is 0 Å². The summed E-state index contributed by atoms with van der Waals surface area (Å²) in [4.78, 5) is 1.34. The fourth-order valence-corrected chi connectivity index (χ4v) is 1.98. The van der Waals surface area contributed by atoms with Crippen LogP contribution in [0.15, 0.2) is 29.2 Å². The zero-order valence-electron chi connectivity index (χ0n) is 8.08. The molecule has 0 saturated carbocycles.